The van der Waals surface area contributed by atoms with E-state index < -0.39 is 11.9 Å². The quantitative estimate of drug-likeness (QED) is 0.472. The van der Waals surface area contributed by atoms with Crippen LogP contribution in [0.4, 0.5) is 10.1 Å². The summed E-state index contributed by atoms with van der Waals surface area (Å²) >= 11 is 0. The van der Waals surface area contributed by atoms with Crippen LogP contribution in [0.15, 0.2) is 60.7 Å². The van der Waals surface area contributed by atoms with Crippen molar-refractivity contribution in [2.75, 3.05) is 18.1 Å². The number of nitrogens with one attached hydrogen (secondary N) is 1. The van der Waals surface area contributed by atoms with Crippen LogP contribution < -0.4 is 19.7 Å². The zero-order valence-corrected chi connectivity index (χ0v) is 21.1. The molecule has 1 atom stereocenters. The number of nitrogens with zero attached hydrogens (tertiary/aromatic N) is 1. The number of rotatable bonds is 6. The van der Waals surface area contributed by atoms with Crippen LogP contribution in [-0.4, -0.2) is 31.1 Å². The lowest BCUT2D eigenvalue weighted by Gasteiger charge is -2.33. The van der Waals surface area contributed by atoms with E-state index in [-0.39, 0.29) is 17.9 Å². The van der Waals surface area contributed by atoms with Gasteiger partial charge in [0.15, 0.2) is 11.5 Å². The lowest BCUT2D eigenvalue weighted by atomic mass is 9.99. The molecule has 2 amide bonds. The molecule has 1 saturated carbocycles. The Bertz CT molecular complexity index is 1280. The van der Waals surface area contributed by atoms with Gasteiger partial charge in [-0.15, -0.1) is 0 Å². The molecule has 0 saturated heterocycles. The smallest absolute Gasteiger partial charge is 0.259 e. The Morgan fingerprint density at radius 2 is 1.54 bits per heavy atom. The zero-order valence-electron chi connectivity index (χ0n) is 21.1. The van der Waals surface area contributed by atoms with Gasteiger partial charge in [-0.3, -0.25) is 14.5 Å². The molecular weight excluding hydrogens is 471 g/mol. The second-order valence-corrected chi connectivity index (χ2v) is 9.82. The number of aryl methyl sites for hydroxylation is 2. The number of halogens is 1. The first-order chi connectivity index (χ1) is 17.9. The van der Waals surface area contributed by atoms with Crippen molar-refractivity contribution in [2.24, 2.45) is 0 Å². The molecule has 5 rings (SSSR count). The highest BCUT2D eigenvalue weighted by Crippen LogP contribution is 2.35. The minimum absolute atomic E-state index is 0.0564. The van der Waals surface area contributed by atoms with Crippen LogP contribution in [0, 0.1) is 19.7 Å². The van der Waals surface area contributed by atoms with Crippen LogP contribution in [0.5, 0.6) is 11.5 Å². The first-order valence-electron chi connectivity index (χ1n) is 12.8. The summed E-state index contributed by atoms with van der Waals surface area (Å²) in [6.07, 6.45) is 3.93. The van der Waals surface area contributed by atoms with Crippen molar-refractivity contribution in [1.82, 2.24) is 5.32 Å². The lowest BCUT2D eigenvalue weighted by molar-refractivity contribution is -0.123. The normalized spacial score (nSPS) is 15.8. The van der Waals surface area contributed by atoms with Crippen LogP contribution >= 0.6 is 0 Å². The van der Waals surface area contributed by atoms with Crippen LogP contribution in [0.2, 0.25) is 0 Å². The number of carbonyl (C=O) groups is 2. The summed E-state index contributed by atoms with van der Waals surface area (Å²) in [5, 5.41) is 3.16. The van der Waals surface area contributed by atoms with Gasteiger partial charge in [0.05, 0.1) is 0 Å². The second kappa shape index (κ2) is 10.6. The first kappa shape index (κ1) is 24.8. The van der Waals surface area contributed by atoms with Crippen molar-refractivity contribution >= 4 is 17.5 Å². The van der Waals surface area contributed by atoms with Crippen molar-refractivity contribution in [3.63, 3.8) is 0 Å². The summed E-state index contributed by atoms with van der Waals surface area (Å²) in [6.45, 7) is 4.75. The monoisotopic (exact) mass is 502 g/mol. The fourth-order valence-corrected chi connectivity index (χ4v) is 5.20. The predicted octanol–water partition coefficient (Wildman–Crippen LogP) is 5.66. The maximum absolute atomic E-state index is 14.3. The molecule has 0 spiro atoms. The highest BCUT2D eigenvalue weighted by atomic mass is 19.1. The van der Waals surface area contributed by atoms with Gasteiger partial charge in [-0.1, -0.05) is 31.0 Å². The lowest BCUT2D eigenvalue weighted by Crippen LogP contribution is -2.46. The summed E-state index contributed by atoms with van der Waals surface area (Å²) in [5.41, 5.74) is 3.41. The number of hydrogen-bond acceptors (Lipinski definition) is 4. The highest BCUT2D eigenvalue weighted by molar-refractivity contribution is 6.10. The molecule has 0 unspecified atom stereocenters. The van der Waals surface area contributed by atoms with Crippen molar-refractivity contribution in [1.29, 1.82) is 0 Å². The predicted molar refractivity (Wildman–Crippen MR) is 140 cm³/mol. The van der Waals surface area contributed by atoms with E-state index in [2.05, 4.69) is 5.32 Å². The van der Waals surface area contributed by atoms with Gasteiger partial charge in [-0.2, -0.15) is 0 Å². The minimum atomic E-state index is -0.997. The Balaban J connectivity index is 1.62. The Labute approximate surface area is 216 Å². The molecule has 1 heterocycles. The molecule has 2 aliphatic rings. The third kappa shape index (κ3) is 5.45. The van der Waals surface area contributed by atoms with Crippen molar-refractivity contribution in [3.8, 4) is 11.5 Å². The number of fused-ring (bicyclic) bond motifs is 1. The van der Waals surface area contributed by atoms with E-state index in [0.717, 1.165) is 36.8 Å². The summed E-state index contributed by atoms with van der Waals surface area (Å²) < 4.78 is 25.2. The van der Waals surface area contributed by atoms with Gasteiger partial charge in [-0.25, -0.2) is 4.39 Å². The highest BCUT2D eigenvalue weighted by Gasteiger charge is 2.35. The first-order valence-corrected chi connectivity index (χ1v) is 12.8. The van der Waals surface area contributed by atoms with Gasteiger partial charge < -0.3 is 14.8 Å². The standard InChI is InChI=1S/C30H31FN2O4/c1-19-15-20(2)17-25(16-19)33(30(35)22-9-12-26-27(18-22)37-14-13-36-26)28(21-7-10-23(31)11-8-21)29(34)32-24-5-3-4-6-24/h7-12,15-18,24,28H,3-6,13-14H2,1-2H3,(H,32,34)/t28-/m1/s1. The van der Waals surface area contributed by atoms with Crippen LogP contribution in [-0.2, 0) is 4.79 Å². The molecule has 192 valence electrons. The van der Waals surface area contributed by atoms with E-state index in [1.807, 2.05) is 32.0 Å². The second-order valence-electron chi connectivity index (χ2n) is 9.82. The number of hydrogen-bond donors (Lipinski definition) is 1. The van der Waals surface area contributed by atoms with Gasteiger partial charge in [0.1, 0.15) is 25.1 Å². The molecule has 0 bridgehead atoms. The van der Waals surface area contributed by atoms with Gasteiger partial charge in [-0.05, 0) is 85.8 Å². The van der Waals surface area contributed by atoms with Gasteiger partial charge in [0, 0.05) is 17.3 Å². The van der Waals surface area contributed by atoms with E-state index in [1.165, 1.54) is 17.0 Å². The Morgan fingerprint density at radius 1 is 0.892 bits per heavy atom. The average molecular weight is 503 g/mol. The number of carbonyl (C=O) groups excluding carboxylic acids is 2. The Hall–Kier alpha value is -3.87. The number of ether oxygens (including phenoxy) is 2. The topological polar surface area (TPSA) is 67.9 Å². The molecule has 1 aliphatic heterocycles. The summed E-state index contributed by atoms with van der Waals surface area (Å²) in [6, 6.07) is 15.7. The van der Waals surface area contributed by atoms with Crippen LogP contribution in [0.3, 0.4) is 0 Å². The number of anilines is 1. The van der Waals surface area contributed by atoms with E-state index in [1.54, 1.807) is 30.3 Å². The third-order valence-electron chi connectivity index (χ3n) is 6.89. The largest absolute Gasteiger partial charge is 0.486 e. The molecule has 1 fully saturated rings. The molecule has 3 aromatic carbocycles. The molecule has 0 aromatic heterocycles. The summed E-state index contributed by atoms with van der Waals surface area (Å²) in [4.78, 5) is 29.7. The molecule has 37 heavy (non-hydrogen) atoms. The molecule has 6 nitrogen and oxygen atoms in total. The maximum Gasteiger partial charge on any atom is 0.259 e. The van der Waals surface area contributed by atoms with E-state index in [0.29, 0.717) is 41.5 Å². The van der Waals surface area contributed by atoms with Gasteiger partial charge in [0.25, 0.3) is 5.91 Å². The molecule has 3 aromatic rings. The Morgan fingerprint density at radius 3 is 2.22 bits per heavy atom. The summed E-state index contributed by atoms with van der Waals surface area (Å²) in [5.74, 6) is 0.0114. The molecule has 1 aliphatic carbocycles. The fraction of sp³-hybridized carbons (Fsp3) is 0.333. The maximum atomic E-state index is 14.3. The van der Waals surface area contributed by atoms with E-state index in [4.69, 9.17) is 9.47 Å². The molecular formula is C30H31FN2O4. The number of benzene rings is 3. The fourth-order valence-electron chi connectivity index (χ4n) is 5.20. The van der Waals surface area contributed by atoms with Crippen LogP contribution in [0.1, 0.15) is 58.8 Å². The molecule has 0 radical (unpaired) electrons. The third-order valence-corrected chi connectivity index (χ3v) is 6.89. The number of amides is 2. The zero-order chi connectivity index (χ0) is 25.9. The minimum Gasteiger partial charge on any atom is -0.486 e. The molecule has 7 heteroatoms. The van der Waals surface area contributed by atoms with Gasteiger partial charge >= 0.3 is 0 Å². The van der Waals surface area contributed by atoms with Crippen molar-refractivity contribution < 1.29 is 23.5 Å². The average Bonchev–Trinajstić information content (AvgIpc) is 3.39. The van der Waals surface area contributed by atoms with Gasteiger partial charge in [0.2, 0.25) is 5.91 Å². The van der Waals surface area contributed by atoms with Crippen molar-refractivity contribution in [2.45, 2.75) is 51.6 Å². The van der Waals surface area contributed by atoms with Crippen molar-refractivity contribution in [3.05, 3.63) is 88.7 Å². The van der Waals surface area contributed by atoms with Crippen LogP contribution in [0.25, 0.3) is 0 Å². The molecule has 1 N–H and O–H groups in total. The summed E-state index contributed by atoms with van der Waals surface area (Å²) in [7, 11) is 0. The van der Waals surface area contributed by atoms with E-state index >= 15 is 0 Å². The Kier molecular flexibility index (Phi) is 7.12. The van der Waals surface area contributed by atoms with E-state index in [9.17, 15) is 14.0 Å². The SMILES string of the molecule is Cc1cc(C)cc(N(C(=O)c2ccc3c(c2)OCCO3)[C@@H](C(=O)NC2CCCC2)c2ccc(F)cc2)c1.